The average molecular weight is 332 g/mol. The third-order valence-electron chi connectivity index (χ3n) is 4.69. The fraction of sp³-hybridized carbons (Fsp3) is 0.533. The molecular formula is C15H20N6O3. The molecule has 0 bridgehead atoms. The van der Waals surface area contributed by atoms with Gasteiger partial charge >= 0.3 is 5.69 Å². The summed E-state index contributed by atoms with van der Waals surface area (Å²) in [4.78, 5) is 41.1. The van der Waals surface area contributed by atoms with Crippen molar-refractivity contribution in [2.24, 2.45) is 19.2 Å². The Hall–Kier alpha value is -2.71. The number of ketones is 1. The molecule has 0 amide bonds. The Morgan fingerprint density at radius 1 is 1.21 bits per heavy atom. The molecule has 9 heteroatoms. The maximum Gasteiger partial charge on any atom is 0.332 e. The van der Waals surface area contributed by atoms with Crippen LogP contribution in [0.1, 0.15) is 33.7 Å². The van der Waals surface area contributed by atoms with E-state index in [9.17, 15) is 14.4 Å². The molecule has 128 valence electrons. The van der Waals surface area contributed by atoms with Gasteiger partial charge in [0.25, 0.3) is 5.56 Å². The summed E-state index contributed by atoms with van der Waals surface area (Å²) in [6.07, 6.45) is 0. The van der Waals surface area contributed by atoms with Crippen molar-refractivity contribution < 1.29 is 4.79 Å². The first-order chi connectivity index (χ1) is 11.2. The van der Waals surface area contributed by atoms with Gasteiger partial charge in [-0.15, -0.1) is 0 Å². The van der Waals surface area contributed by atoms with Gasteiger partial charge in [-0.25, -0.2) is 9.80 Å². The quantitative estimate of drug-likeness (QED) is 0.781. The van der Waals surface area contributed by atoms with Crippen molar-refractivity contribution in [2.75, 3.05) is 5.01 Å². The summed E-state index contributed by atoms with van der Waals surface area (Å²) in [6.45, 7) is 6.96. The number of hydrogen-bond acceptors (Lipinski definition) is 6. The van der Waals surface area contributed by atoms with E-state index < -0.39 is 17.3 Å². The Labute approximate surface area is 137 Å². The zero-order valence-electron chi connectivity index (χ0n) is 14.6. The van der Waals surface area contributed by atoms with Crippen LogP contribution >= 0.6 is 0 Å². The largest absolute Gasteiger partial charge is 0.332 e. The first-order valence-electron chi connectivity index (χ1n) is 7.69. The van der Waals surface area contributed by atoms with Crippen LogP contribution < -0.4 is 16.3 Å². The average Bonchev–Trinajstić information content (AvgIpc) is 2.94. The molecule has 0 unspecified atom stereocenters. The monoisotopic (exact) mass is 332 g/mol. The lowest BCUT2D eigenvalue weighted by molar-refractivity contribution is -0.118. The number of nitrogens with zero attached hydrogens (tertiary/aromatic N) is 6. The third kappa shape index (κ3) is 1.97. The lowest BCUT2D eigenvalue weighted by Gasteiger charge is -2.31. The van der Waals surface area contributed by atoms with E-state index in [0.717, 1.165) is 10.3 Å². The van der Waals surface area contributed by atoms with Gasteiger partial charge in [0.1, 0.15) is 6.04 Å². The summed E-state index contributed by atoms with van der Waals surface area (Å²) < 4.78 is 4.14. The number of aryl methyl sites for hydroxylation is 1. The van der Waals surface area contributed by atoms with E-state index in [1.807, 2.05) is 13.8 Å². The smallest absolute Gasteiger partial charge is 0.298 e. The molecule has 2 atom stereocenters. The van der Waals surface area contributed by atoms with Gasteiger partial charge in [0.15, 0.2) is 16.9 Å². The summed E-state index contributed by atoms with van der Waals surface area (Å²) in [5, 5.41) is 5.99. The van der Waals surface area contributed by atoms with Crippen LogP contribution in [0, 0.1) is 0 Å². The number of fused-ring (bicyclic) bond motifs is 3. The first-order valence-corrected chi connectivity index (χ1v) is 7.69. The topological polar surface area (TPSA) is 94.5 Å². The Morgan fingerprint density at radius 3 is 2.42 bits per heavy atom. The first kappa shape index (κ1) is 16.2. The predicted octanol–water partition coefficient (Wildman–Crippen LogP) is 0.168. The van der Waals surface area contributed by atoms with E-state index in [0.29, 0.717) is 11.5 Å². The number of anilines is 1. The van der Waals surface area contributed by atoms with E-state index in [-0.39, 0.29) is 17.5 Å². The van der Waals surface area contributed by atoms with Gasteiger partial charge in [-0.1, -0.05) is 0 Å². The van der Waals surface area contributed by atoms with Gasteiger partial charge in [-0.05, 0) is 27.7 Å². The molecule has 3 rings (SSSR count). The molecule has 0 aliphatic carbocycles. The molecule has 1 aliphatic heterocycles. The highest BCUT2D eigenvalue weighted by molar-refractivity contribution is 5.93. The number of hydrazone groups is 1. The summed E-state index contributed by atoms with van der Waals surface area (Å²) in [6, 6.07) is -0.727. The SMILES string of the molecule is CC(=O)[C@@H](C)N1N=C(C)[C@H](C)n2c1nc1c2c(=O)n(C)c(=O)n1C. The van der Waals surface area contributed by atoms with Gasteiger partial charge < -0.3 is 0 Å². The minimum atomic E-state index is -0.524. The van der Waals surface area contributed by atoms with Crippen molar-refractivity contribution in [3.05, 3.63) is 20.8 Å². The molecule has 24 heavy (non-hydrogen) atoms. The molecule has 0 radical (unpaired) electrons. The van der Waals surface area contributed by atoms with E-state index >= 15 is 0 Å². The van der Waals surface area contributed by atoms with Crippen molar-refractivity contribution in [2.45, 2.75) is 39.8 Å². The van der Waals surface area contributed by atoms with Crippen molar-refractivity contribution in [3.63, 3.8) is 0 Å². The van der Waals surface area contributed by atoms with Crippen LogP contribution in [0.3, 0.4) is 0 Å². The number of imidazole rings is 1. The van der Waals surface area contributed by atoms with E-state index in [1.165, 1.54) is 23.5 Å². The number of aromatic nitrogens is 4. The van der Waals surface area contributed by atoms with Gasteiger partial charge in [0.2, 0.25) is 5.95 Å². The van der Waals surface area contributed by atoms with Crippen LogP contribution in [0.25, 0.3) is 11.2 Å². The van der Waals surface area contributed by atoms with Crippen molar-refractivity contribution in [1.82, 2.24) is 18.7 Å². The highest BCUT2D eigenvalue weighted by Gasteiger charge is 2.33. The second-order valence-corrected chi connectivity index (χ2v) is 6.21. The number of carbonyl (C=O) groups is 1. The molecular weight excluding hydrogens is 312 g/mol. The number of carbonyl (C=O) groups excluding carboxylic acids is 1. The molecule has 1 aliphatic rings. The van der Waals surface area contributed by atoms with E-state index in [4.69, 9.17) is 0 Å². The van der Waals surface area contributed by atoms with Gasteiger partial charge in [-0.2, -0.15) is 10.1 Å². The number of rotatable bonds is 2. The summed E-state index contributed by atoms with van der Waals surface area (Å²) in [5.41, 5.74) is 0.516. The molecule has 2 aromatic heterocycles. The van der Waals surface area contributed by atoms with Crippen molar-refractivity contribution in [3.8, 4) is 0 Å². The fourth-order valence-corrected chi connectivity index (χ4v) is 2.85. The third-order valence-corrected chi connectivity index (χ3v) is 4.69. The van der Waals surface area contributed by atoms with Gasteiger partial charge in [0, 0.05) is 14.1 Å². The van der Waals surface area contributed by atoms with Crippen LogP contribution in [0.15, 0.2) is 14.7 Å². The number of hydrogen-bond donors (Lipinski definition) is 0. The summed E-state index contributed by atoms with van der Waals surface area (Å²) in [5.74, 6) is 0.325. The van der Waals surface area contributed by atoms with Crippen LogP contribution in [-0.2, 0) is 18.9 Å². The molecule has 0 saturated heterocycles. The summed E-state index contributed by atoms with van der Waals surface area (Å²) in [7, 11) is 3.01. The Morgan fingerprint density at radius 2 is 1.83 bits per heavy atom. The lowest BCUT2D eigenvalue weighted by atomic mass is 10.2. The molecule has 0 fully saturated rings. The Kier molecular flexibility index (Phi) is 3.47. The highest BCUT2D eigenvalue weighted by Crippen LogP contribution is 2.31. The molecule has 0 N–H and O–H groups in total. The van der Waals surface area contributed by atoms with Crippen LogP contribution in [0.4, 0.5) is 5.95 Å². The van der Waals surface area contributed by atoms with Gasteiger partial charge in [-0.3, -0.25) is 23.3 Å². The number of Topliss-reactive ketones (excluding diaryl/α,β-unsaturated/α-hetero) is 1. The van der Waals surface area contributed by atoms with Crippen molar-refractivity contribution >= 4 is 28.6 Å². The minimum Gasteiger partial charge on any atom is -0.298 e. The van der Waals surface area contributed by atoms with E-state index in [2.05, 4.69) is 10.1 Å². The summed E-state index contributed by atoms with van der Waals surface area (Å²) >= 11 is 0. The fourth-order valence-electron chi connectivity index (χ4n) is 2.85. The second-order valence-electron chi connectivity index (χ2n) is 6.21. The molecule has 3 heterocycles. The maximum atomic E-state index is 12.7. The standard InChI is InChI=1S/C15H20N6O3/c1-7-8(2)20-11-12(18(5)15(24)19(6)13(11)23)16-14(20)21(17-7)9(3)10(4)22/h8-9H,1-6H3/t8-,9+/m0/s1. The molecule has 0 aromatic carbocycles. The zero-order chi connectivity index (χ0) is 17.9. The molecule has 0 spiro atoms. The van der Waals surface area contributed by atoms with Crippen LogP contribution in [0.5, 0.6) is 0 Å². The minimum absolute atomic E-state index is 0.0681. The normalized spacial score (nSPS) is 18.5. The molecule has 0 saturated carbocycles. The van der Waals surface area contributed by atoms with Crippen molar-refractivity contribution in [1.29, 1.82) is 0 Å². The van der Waals surface area contributed by atoms with E-state index in [1.54, 1.807) is 18.5 Å². The highest BCUT2D eigenvalue weighted by atomic mass is 16.2. The molecule has 2 aromatic rings. The lowest BCUT2D eigenvalue weighted by Crippen LogP contribution is -2.41. The van der Waals surface area contributed by atoms with Crippen LogP contribution in [-0.4, -0.2) is 36.2 Å². The maximum absolute atomic E-state index is 12.7. The van der Waals surface area contributed by atoms with Crippen LogP contribution in [0.2, 0.25) is 0 Å². The Bertz CT molecular complexity index is 1010. The van der Waals surface area contributed by atoms with Gasteiger partial charge in [0.05, 0.1) is 11.8 Å². The zero-order valence-corrected chi connectivity index (χ0v) is 14.6. The molecule has 9 nitrogen and oxygen atoms in total. The predicted molar refractivity (Wildman–Crippen MR) is 90.7 cm³/mol. The second kappa shape index (κ2) is 5.15. The Balaban J connectivity index is 2.45.